The first-order valence-electron chi connectivity index (χ1n) is 10.1. The number of rotatable bonds is 4. The van der Waals surface area contributed by atoms with Gasteiger partial charge in [0.1, 0.15) is 11.4 Å². The molecule has 2 N–H and O–H groups in total. The molecule has 1 fully saturated rings. The monoisotopic (exact) mass is 392 g/mol. The van der Waals surface area contributed by atoms with Gasteiger partial charge in [-0.1, -0.05) is 12.1 Å². The van der Waals surface area contributed by atoms with E-state index < -0.39 is 5.69 Å². The normalized spacial score (nSPS) is 23.0. The van der Waals surface area contributed by atoms with E-state index in [1.54, 1.807) is 25.4 Å². The third-order valence-corrected chi connectivity index (χ3v) is 6.51. The lowest BCUT2D eigenvalue weighted by Gasteiger charge is -2.32. The Morgan fingerprint density at radius 1 is 1.24 bits per heavy atom. The fraction of sp³-hybridized carbons (Fsp3) is 0.409. The number of nitrogens with one attached hydrogen (secondary N) is 2. The molecule has 1 unspecified atom stereocenters. The van der Waals surface area contributed by atoms with Gasteiger partial charge < -0.3 is 10.1 Å². The predicted octanol–water partition coefficient (Wildman–Crippen LogP) is 1.80. The fourth-order valence-corrected chi connectivity index (χ4v) is 5.16. The van der Waals surface area contributed by atoms with Gasteiger partial charge in [0.05, 0.1) is 12.5 Å². The number of ether oxygens (including phenoxy) is 1. The molecule has 1 aliphatic carbocycles. The van der Waals surface area contributed by atoms with Gasteiger partial charge in [0.25, 0.3) is 5.56 Å². The van der Waals surface area contributed by atoms with E-state index in [2.05, 4.69) is 27.4 Å². The molecule has 0 bridgehead atoms. The van der Waals surface area contributed by atoms with E-state index in [0.717, 1.165) is 25.1 Å². The Balaban J connectivity index is 1.44. The van der Waals surface area contributed by atoms with Crippen LogP contribution < -0.4 is 21.3 Å². The van der Waals surface area contributed by atoms with E-state index in [1.807, 2.05) is 6.07 Å². The lowest BCUT2D eigenvalue weighted by Crippen LogP contribution is -2.38. The zero-order chi connectivity index (χ0) is 20.0. The molecule has 1 saturated heterocycles. The molecule has 0 saturated carbocycles. The summed E-state index contributed by atoms with van der Waals surface area (Å²) in [6, 6.07) is 9.92. The van der Waals surface area contributed by atoms with Crippen molar-refractivity contribution in [3.05, 3.63) is 68.5 Å². The fourth-order valence-electron chi connectivity index (χ4n) is 5.16. The number of nitrogens with zero attached hydrogens (tertiary/aromatic N) is 2. The molecule has 7 nitrogen and oxygen atoms in total. The maximum Gasteiger partial charge on any atom is 0.329 e. The van der Waals surface area contributed by atoms with E-state index in [9.17, 15) is 9.59 Å². The Morgan fingerprint density at radius 2 is 2.14 bits per heavy atom. The van der Waals surface area contributed by atoms with Crippen molar-refractivity contribution >= 4 is 11.0 Å². The van der Waals surface area contributed by atoms with Crippen LogP contribution in [0.15, 0.2) is 46.1 Å². The van der Waals surface area contributed by atoms with Crippen LogP contribution >= 0.6 is 0 Å². The minimum atomic E-state index is -0.401. The molecular formula is C22H24N4O3. The van der Waals surface area contributed by atoms with Gasteiger partial charge in [-0.25, -0.2) is 9.78 Å². The molecule has 2 aromatic heterocycles. The molecular weight excluding hydrogens is 368 g/mol. The van der Waals surface area contributed by atoms with E-state index in [4.69, 9.17) is 4.74 Å². The summed E-state index contributed by atoms with van der Waals surface area (Å²) in [5, 5.41) is 4.08. The van der Waals surface area contributed by atoms with Crippen molar-refractivity contribution in [2.24, 2.45) is 5.92 Å². The van der Waals surface area contributed by atoms with Crippen LogP contribution in [0.3, 0.4) is 0 Å². The van der Waals surface area contributed by atoms with Crippen LogP contribution in [0, 0.1) is 5.92 Å². The molecule has 7 heteroatoms. The molecule has 150 valence electrons. The molecule has 0 radical (unpaired) electrons. The molecule has 1 aliphatic heterocycles. The number of methoxy groups -OCH3 is 1. The maximum atomic E-state index is 12.8. The van der Waals surface area contributed by atoms with Crippen molar-refractivity contribution in [2.45, 2.75) is 37.8 Å². The van der Waals surface area contributed by atoms with Crippen LogP contribution in [-0.4, -0.2) is 34.2 Å². The number of H-pyrrole nitrogens is 1. The third kappa shape index (κ3) is 2.97. The Hall–Kier alpha value is -2.93. The number of fused-ring (bicyclic) bond motifs is 4. The summed E-state index contributed by atoms with van der Waals surface area (Å²) in [5.41, 5.74) is 2.31. The minimum absolute atomic E-state index is 0.224. The Morgan fingerprint density at radius 3 is 3.00 bits per heavy atom. The van der Waals surface area contributed by atoms with Crippen LogP contribution in [-0.2, 0) is 13.0 Å². The van der Waals surface area contributed by atoms with Crippen molar-refractivity contribution in [1.82, 2.24) is 19.9 Å². The highest BCUT2D eigenvalue weighted by Crippen LogP contribution is 2.45. The first-order valence-corrected chi connectivity index (χ1v) is 10.1. The summed E-state index contributed by atoms with van der Waals surface area (Å²) >= 11 is 0. The summed E-state index contributed by atoms with van der Waals surface area (Å²) in [4.78, 5) is 32.0. The smallest absolute Gasteiger partial charge is 0.329 e. The van der Waals surface area contributed by atoms with Gasteiger partial charge in [-0.05, 0) is 61.1 Å². The van der Waals surface area contributed by atoms with Gasteiger partial charge >= 0.3 is 5.69 Å². The molecule has 0 amide bonds. The Labute approximate surface area is 167 Å². The highest BCUT2D eigenvalue weighted by Gasteiger charge is 2.40. The quantitative estimate of drug-likeness (QED) is 0.707. The summed E-state index contributed by atoms with van der Waals surface area (Å²) in [6.07, 6.45) is 4.45. The number of aromatic nitrogens is 3. The van der Waals surface area contributed by atoms with E-state index in [0.29, 0.717) is 35.8 Å². The first-order chi connectivity index (χ1) is 14.2. The SMILES string of the molecule is COc1cccc2c1CC[C@H]1CNC(CCn3c(=O)[nH]c4ncccc4c3=O)[C@@H]21. The molecule has 3 aromatic rings. The van der Waals surface area contributed by atoms with E-state index >= 15 is 0 Å². The van der Waals surface area contributed by atoms with Gasteiger partial charge in [-0.3, -0.25) is 14.3 Å². The van der Waals surface area contributed by atoms with Crippen LogP contribution in [0.2, 0.25) is 0 Å². The molecule has 3 heterocycles. The Kier molecular flexibility index (Phi) is 4.47. The molecule has 3 atom stereocenters. The number of benzene rings is 1. The first kappa shape index (κ1) is 18.1. The van der Waals surface area contributed by atoms with Crippen LogP contribution in [0.4, 0.5) is 0 Å². The molecule has 29 heavy (non-hydrogen) atoms. The highest BCUT2D eigenvalue weighted by molar-refractivity contribution is 5.72. The molecule has 5 rings (SSSR count). The molecule has 2 aliphatic rings. The van der Waals surface area contributed by atoms with Crippen molar-refractivity contribution in [3.63, 3.8) is 0 Å². The van der Waals surface area contributed by atoms with Crippen molar-refractivity contribution in [2.75, 3.05) is 13.7 Å². The molecule has 0 spiro atoms. The van der Waals surface area contributed by atoms with Gasteiger partial charge in [-0.15, -0.1) is 0 Å². The maximum absolute atomic E-state index is 12.8. The second kappa shape index (κ2) is 7.15. The van der Waals surface area contributed by atoms with Gasteiger partial charge in [-0.2, -0.15) is 0 Å². The number of hydrogen-bond acceptors (Lipinski definition) is 5. The standard InChI is InChI=1S/C22H24N4O3/c1-29-18-6-2-4-15-14(18)8-7-13-12-24-17(19(13)15)9-11-26-21(27)16-5-3-10-23-20(16)25-22(26)28/h2-6,10,13,17,19,24H,7-9,11-12H2,1H3,(H,23,25,28)/t13-,17?,19+/m0/s1. The summed E-state index contributed by atoms with van der Waals surface area (Å²) in [7, 11) is 1.72. The summed E-state index contributed by atoms with van der Waals surface area (Å²) in [5.74, 6) is 1.92. The average molecular weight is 392 g/mol. The molecule has 1 aromatic carbocycles. The summed E-state index contributed by atoms with van der Waals surface area (Å²) in [6.45, 7) is 1.35. The number of pyridine rings is 1. The van der Waals surface area contributed by atoms with E-state index in [1.165, 1.54) is 15.7 Å². The van der Waals surface area contributed by atoms with E-state index in [-0.39, 0.29) is 11.6 Å². The van der Waals surface area contributed by atoms with Crippen molar-refractivity contribution < 1.29 is 4.74 Å². The number of aromatic amines is 1. The Bertz CT molecular complexity index is 1180. The number of hydrogen-bond donors (Lipinski definition) is 2. The van der Waals surface area contributed by atoms with Crippen LogP contribution in [0.1, 0.15) is 29.9 Å². The zero-order valence-electron chi connectivity index (χ0n) is 16.4. The van der Waals surface area contributed by atoms with Crippen molar-refractivity contribution in [3.8, 4) is 5.75 Å². The average Bonchev–Trinajstić information content (AvgIpc) is 3.16. The second-order valence-electron chi connectivity index (χ2n) is 7.94. The zero-order valence-corrected chi connectivity index (χ0v) is 16.4. The van der Waals surface area contributed by atoms with Crippen LogP contribution in [0.5, 0.6) is 5.75 Å². The lowest BCUT2D eigenvalue weighted by atomic mass is 9.73. The van der Waals surface area contributed by atoms with Crippen LogP contribution in [0.25, 0.3) is 11.0 Å². The second-order valence-corrected chi connectivity index (χ2v) is 7.94. The minimum Gasteiger partial charge on any atom is -0.496 e. The third-order valence-electron chi connectivity index (χ3n) is 6.51. The predicted molar refractivity (Wildman–Crippen MR) is 111 cm³/mol. The summed E-state index contributed by atoms with van der Waals surface area (Å²) < 4.78 is 6.88. The lowest BCUT2D eigenvalue weighted by molar-refractivity contribution is 0.371. The van der Waals surface area contributed by atoms with Gasteiger partial charge in [0.15, 0.2) is 0 Å². The largest absolute Gasteiger partial charge is 0.496 e. The topological polar surface area (TPSA) is 89.0 Å². The van der Waals surface area contributed by atoms with Crippen molar-refractivity contribution in [1.29, 1.82) is 0 Å². The highest BCUT2D eigenvalue weighted by atomic mass is 16.5. The van der Waals surface area contributed by atoms with Gasteiger partial charge in [0.2, 0.25) is 0 Å². The van der Waals surface area contributed by atoms with Gasteiger partial charge in [0, 0.05) is 24.7 Å².